The van der Waals surface area contributed by atoms with Gasteiger partial charge >= 0.3 is 0 Å². The monoisotopic (exact) mass is 539 g/mol. The first-order valence-corrected chi connectivity index (χ1v) is 12.7. The van der Waals surface area contributed by atoms with Crippen molar-refractivity contribution in [3.8, 4) is 22.8 Å². The summed E-state index contributed by atoms with van der Waals surface area (Å²) in [6, 6.07) is 13.8. The molecule has 0 aliphatic carbocycles. The molecule has 2 aromatic carbocycles. The van der Waals surface area contributed by atoms with Crippen LogP contribution in [0.1, 0.15) is 18.4 Å². The third kappa shape index (κ3) is 5.51. The minimum absolute atomic E-state index is 0.168. The summed E-state index contributed by atoms with van der Waals surface area (Å²) in [5, 5.41) is 8.28. The zero-order valence-electron chi connectivity index (χ0n) is 20.6. The number of hydrogen-bond acceptors (Lipinski definition) is 8. The molecule has 3 heterocycles. The average Bonchev–Trinajstić information content (AvgIpc) is 2.93. The Morgan fingerprint density at radius 2 is 1.78 bits per heavy atom. The van der Waals surface area contributed by atoms with E-state index >= 15 is 0 Å². The fourth-order valence-electron chi connectivity index (χ4n) is 4.29. The molecule has 5 rings (SSSR count). The Bertz CT molecular complexity index is 1370. The number of ether oxygens (including phenoxy) is 3. The van der Waals surface area contributed by atoms with Gasteiger partial charge in [-0.1, -0.05) is 53.5 Å². The van der Waals surface area contributed by atoms with Crippen molar-refractivity contribution in [1.29, 1.82) is 0 Å². The predicted molar refractivity (Wildman–Crippen MR) is 147 cm³/mol. The molecule has 37 heavy (non-hydrogen) atoms. The van der Waals surface area contributed by atoms with Crippen LogP contribution < -0.4 is 20.1 Å². The Labute approximate surface area is 225 Å². The summed E-state index contributed by atoms with van der Waals surface area (Å²) in [6.45, 7) is 1.97. The van der Waals surface area contributed by atoms with Gasteiger partial charge in [-0.25, -0.2) is 15.0 Å². The lowest BCUT2D eigenvalue weighted by Crippen LogP contribution is -2.30. The standard InChI is InChI=1S/C27H27Cl2N5O3/c1-35-20-12-21(36-2)24(29)22(23(20)28)19-11-17-14-31-27(32-18-9-6-10-37-15-18)34-25(17)26(33-19)30-13-16-7-4-3-5-8-16/h3-5,7-8,11-12,14,18H,6,9-10,13,15H2,1-2H3,(H,30,33)(H,31,32,34)/t18-/m0/s1. The molecule has 1 aliphatic rings. The molecular formula is C27H27Cl2N5O3. The number of halogens is 2. The van der Waals surface area contributed by atoms with Gasteiger partial charge in [0.1, 0.15) is 17.0 Å². The molecule has 0 bridgehead atoms. The normalized spacial score (nSPS) is 15.4. The van der Waals surface area contributed by atoms with Gasteiger partial charge in [0.25, 0.3) is 0 Å². The van der Waals surface area contributed by atoms with Gasteiger partial charge in [-0.15, -0.1) is 0 Å². The minimum atomic E-state index is 0.168. The van der Waals surface area contributed by atoms with Crippen molar-refractivity contribution in [2.75, 3.05) is 38.1 Å². The van der Waals surface area contributed by atoms with E-state index in [1.807, 2.05) is 36.4 Å². The number of rotatable bonds is 8. The van der Waals surface area contributed by atoms with Gasteiger partial charge in [0.2, 0.25) is 5.95 Å². The summed E-state index contributed by atoms with van der Waals surface area (Å²) < 4.78 is 16.5. The van der Waals surface area contributed by atoms with Gasteiger partial charge in [-0.3, -0.25) is 0 Å². The molecule has 1 aliphatic heterocycles. The summed E-state index contributed by atoms with van der Waals surface area (Å²) in [5.74, 6) is 1.98. The molecule has 0 saturated carbocycles. The second-order valence-corrected chi connectivity index (χ2v) is 9.43. The number of hydrogen-bond donors (Lipinski definition) is 2. The molecule has 0 radical (unpaired) electrons. The smallest absolute Gasteiger partial charge is 0.223 e. The Morgan fingerprint density at radius 3 is 2.46 bits per heavy atom. The summed E-state index contributed by atoms with van der Waals surface area (Å²) in [4.78, 5) is 14.3. The van der Waals surface area contributed by atoms with Gasteiger partial charge in [-0.05, 0) is 24.5 Å². The summed E-state index contributed by atoms with van der Waals surface area (Å²) in [7, 11) is 3.08. The quantitative estimate of drug-likeness (QED) is 0.272. The molecular weight excluding hydrogens is 513 g/mol. The molecule has 192 valence electrons. The van der Waals surface area contributed by atoms with Crippen LogP contribution >= 0.6 is 23.2 Å². The van der Waals surface area contributed by atoms with E-state index in [0.717, 1.165) is 30.4 Å². The van der Waals surface area contributed by atoms with Gasteiger partial charge in [0, 0.05) is 36.4 Å². The number of nitrogens with one attached hydrogen (secondary N) is 2. The first kappa shape index (κ1) is 25.3. The van der Waals surface area contributed by atoms with Crippen molar-refractivity contribution in [1.82, 2.24) is 15.0 Å². The highest BCUT2D eigenvalue weighted by atomic mass is 35.5. The van der Waals surface area contributed by atoms with E-state index in [4.69, 9.17) is 47.4 Å². The highest BCUT2D eigenvalue weighted by molar-refractivity contribution is 6.41. The third-order valence-corrected chi connectivity index (χ3v) is 6.94. The maximum Gasteiger partial charge on any atom is 0.223 e. The summed E-state index contributed by atoms with van der Waals surface area (Å²) in [5.41, 5.74) is 2.83. The molecule has 1 saturated heterocycles. The molecule has 8 nitrogen and oxygen atoms in total. The second-order valence-electron chi connectivity index (χ2n) is 8.67. The molecule has 4 aromatic rings. The highest BCUT2D eigenvalue weighted by Crippen LogP contribution is 2.46. The Kier molecular flexibility index (Phi) is 7.79. The fourth-order valence-corrected chi connectivity index (χ4v) is 4.98. The van der Waals surface area contributed by atoms with E-state index in [2.05, 4.69) is 15.6 Å². The lowest BCUT2D eigenvalue weighted by Gasteiger charge is -2.23. The molecule has 0 amide bonds. The summed E-state index contributed by atoms with van der Waals surface area (Å²) >= 11 is 13.4. The van der Waals surface area contributed by atoms with Crippen LogP contribution in [-0.2, 0) is 11.3 Å². The molecule has 1 fully saturated rings. The number of fused-ring (bicyclic) bond motifs is 1. The van der Waals surface area contributed by atoms with E-state index in [-0.39, 0.29) is 6.04 Å². The predicted octanol–water partition coefficient (Wildman–Crippen LogP) is 6.22. The maximum atomic E-state index is 6.71. The van der Waals surface area contributed by atoms with Gasteiger partial charge < -0.3 is 24.8 Å². The van der Waals surface area contributed by atoms with Gasteiger partial charge in [-0.2, -0.15) is 0 Å². The second kappa shape index (κ2) is 11.4. The van der Waals surface area contributed by atoms with Crippen LogP contribution in [0.4, 0.5) is 11.8 Å². The summed E-state index contributed by atoms with van der Waals surface area (Å²) in [6.07, 6.45) is 3.78. The maximum absolute atomic E-state index is 6.71. The van der Waals surface area contributed by atoms with Gasteiger partial charge in [0.15, 0.2) is 5.82 Å². The van der Waals surface area contributed by atoms with Crippen molar-refractivity contribution in [2.45, 2.75) is 25.4 Å². The SMILES string of the molecule is COc1cc(OC)c(Cl)c(-c2cc3cnc(N[C@H]4CCCOC4)nc3c(NCc3ccccc3)n2)c1Cl. The lowest BCUT2D eigenvalue weighted by atomic mass is 10.1. The van der Waals surface area contributed by atoms with Crippen molar-refractivity contribution >= 4 is 45.9 Å². The van der Waals surface area contributed by atoms with E-state index < -0.39 is 0 Å². The van der Waals surface area contributed by atoms with Crippen molar-refractivity contribution in [2.24, 2.45) is 0 Å². The van der Waals surface area contributed by atoms with Gasteiger partial charge in [0.05, 0.1) is 42.6 Å². The van der Waals surface area contributed by atoms with E-state index in [1.165, 1.54) is 0 Å². The fraction of sp³-hybridized carbons (Fsp3) is 0.296. The zero-order valence-corrected chi connectivity index (χ0v) is 22.1. The van der Waals surface area contributed by atoms with E-state index in [1.54, 1.807) is 26.5 Å². The molecule has 2 N–H and O–H groups in total. The molecule has 2 aromatic heterocycles. The Balaban J connectivity index is 1.60. The number of aromatic nitrogens is 3. The Morgan fingerprint density at radius 1 is 1.03 bits per heavy atom. The molecule has 0 spiro atoms. The lowest BCUT2D eigenvalue weighted by molar-refractivity contribution is 0.0874. The van der Waals surface area contributed by atoms with Crippen molar-refractivity contribution in [3.05, 3.63) is 64.3 Å². The van der Waals surface area contributed by atoms with E-state index in [0.29, 0.717) is 63.2 Å². The number of nitrogens with zero attached hydrogens (tertiary/aromatic N) is 3. The van der Waals surface area contributed by atoms with Crippen LogP contribution in [0.25, 0.3) is 22.2 Å². The topological polar surface area (TPSA) is 90.4 Å². The molecule has 10 heteroatoms. The zero-order chi connectivity index (χ0) is 25.8. The van der Waals surface area contributed by atoms with Crippen LogP contribution in [0, 0.1) is 0 Å². The first-order valence-electron chi connectivity index (χ1n) is 12.0. The number of anilines is 2. The van der Waals surface area contributed by atoms with Crippen molar-refractivity contribution in [3.63, 3.8) is 0 Å². The van der Waals surface area contributed by atoms with Crippen LogP contribution in [-0.4, -0.2) is 48.4 Å². The van der Waals surface area contributed by atoms with E-state index in [9.17, 15) is 0 Å². The number of methoxy groups -OCH3 is 2. The third-order valence-electron chi connectivity index (χ3n) is 6.19. The number of benzene rings is 2. The van der Waals surface area contributed by atoms with Crippen LogP contribution in [0.2, 0.25) is 10.0 Å². The average molecular weight is 540 g/mol. The van der Waals surface area contributed by atoms with Crippen LogP contribution in [0.5, 0.6) is 11.5 Å². The minimum Gasteiger partial charge on any atom is -0.495 e. The Hall–Kier alpha value is -3.33. The van der Waals surface area contributed by atoms with Crippen LogP contribution in [0.3, 0.4) is 0 Å². The number of pyridine rings is 1. The largest absolute Gasteiger partial charge is 0.495 e. The first-order chi connectivity index (χ1) is 18.1. The molecule has 0 unspecified atom stereocenters. The molecule has 1 atom stereocenters. The van der Waals surface area contributed by atoms with Crippen LogP contribution in [0.15, 0.2) is 48.7 Å². The highest BCUT2D eigenvalue weighted by Gasteiger charge is 2.22. The van der Waals surface area contributed by atoms with Crippen molar-refractivity contribution < 1.29 is 14.2 Å².